The molecule has 0 aliphatic rings. The molecule has 0 saturated carbocycles. The normalized spacial score (nSPS) is 12.5. The first kappa shape index (κ1) is 18.3. The van der Waals surface area contributed by atoms with Gasteiger partial charge in [0.15, 0.2) is 0 Å². The van der Waals surface area contributed by atoms with Gasteiger partial charge in [0.05, 0.1) is 10.2 Å². The van der Waals surface area contributed by atoms with Gasteiger partial charge in [0.1, 0.15) is 5.01 Å². The van der Waals surface area contributed by atoms with Crippen LogP contribution in [-0.2, 0) is 10.2 Å². The fourth-order valence-electron chi connectivity index (χ4n) is 2.77. The number of carboxylic acids is 1. The number of fused-ring (bicyclic) bond motifs is 1. The minimum Gasteiger partial charge on any atom is -0.481 e. The molecule has 1 N–H and O–H groups in total. The molecule has 0 amide bonds. The maximum absolute atomic E-state index is 11.1. The lowest BCUT2D eigenvalue weighted by atomic mass is 9.86. The summed E-state index contributed by atoms with van der Waals surface area (Å²) in [6, 6.07) is 16.5. The topological polar surface area (TPSA) is 50.2 Å². The van der Waals surface area contributed by atoms with Crippen molar-refractivity contribution in [2.75, 3.05) is 0 Å². The molecular weight excluding hydrogens is 342 g/mol. The summed E-state index contributed by atoms with van der Waals surface area (Å²) in [5, 5.41) is 9.99. The van der Waals surface area contributed by atoms with Crippen LogP contribution in [0.2, 0.25) is 0 Å². The summed E-state index contributed by atoms with van der Waals surface area (Å²) in [5.74, 6) is -0.792. The van der Waals surface area contributed by atoms with Crippen molar-refractivity contribution >= 4 is 39.2 Å². The first-order chi connectivity index (χ1) is 12.3. The lowest BCUT2D eigenvalue weighted by molar-refractivity contribution is -0.136. The fourth-order valence-corrected chi connectivity index (χ4v) is 3.78. The van der Waals surface area contributed by atoms with Crippen LogP contribution in [0.25, 0.3) is 21.9 Å². The highest BCUT2D eigenvalue weighted by molar-refractivity contribution is 7.19. The van der Waals surface area contributed by atoms with Crippen LogP contribution in [0.15, 0.2) is 48.5 Å². The van der Waals surface area contributed by atoms with E-state index in [1.807, 2.05) is 24.3 Å². The molecule has 0 radical (unpaired) electrons. The number of para-hydroxylation sites is 1. The summed E-state index contributed by atoms with van der Waals surface area (Å²) in [6.07, 6.45) is 2.63. The highest BCUT2D eigenvalue weighted by Gasteiger charge is 2.14. The van der Waals surface area contributed by atoms with Crippen LogP contribution < -0.4 is 0 Å². The number of carbonyl (C=O) groups is 1. The molecule has 3 nitrogen and oxygen atoms in total. The Morgan fingerprint density at radius 1 is 1.08 bits per heavy atom. The van der Waals surface area contributed by atoms with E-state index < -0.39 is 5.97 Å². The van der Waals surface area contributed by atoms with Gasteiger partial charge in [-0.2, -0.15) is 0 Å². The zero-order valence-corrected chi connectivity index (χ0v) is 16.1. The Kier molecular flexibility index (Phi) is 5.23. The maximum atomic E-state index is 11.1. The van der Waals surface area contributed by atoms with Gasteiger partial charge in [0.25, 0.3) is 0 Å². The van der Waals surface area contributed by atoms with Crippen LogP contribution >= 0.6 is 11.3 Å². The Hall–Kier alpha value is -2.46. The van der Waals surface area contributed by atoms with Crippen molar-refractivity contribution < 1.29 is 9.90 Å². The van der Waals surface area contributed by atoms with Crippen LogP contribution in [0.4, 0.5) is 0 Å². The van der Waals surface area contributed by atoms with E-state index in [1.165, 1.54) is 5.56 Å². The van der Waals surface area contributed by atoms with Gasteiger partial charge in [0, 0.05) is 6.42 Å². The zero-order valence-electron chi connectivity index (χ0n) is 15.3. The highest BCUT2D eigenvalue weighted by Crippen LogP contribution is 2.31. The van der Waals surface area contributed by atoms with Crippen molar-refractivity contribution in [1.29, 1.82) is 0 Å². The van der Waals surface area contributed by atoms with Crippen LogP contribution in [0.3, 0.4) is 0 Å². The second-order valence-electron chi connectivity index (χ2n) is 7.42. The molecular formula is C22H23NO2S. The number of hydrogen-bond acceptors (Lipinski definition) is 3. The predicted molar refractivity (Wildman–Crippen MR) is 110 cm³/mol. The molecule has 0 fully saturated rings. The summed E-state index contributed by atoms with van der Waals surface area (Å²) < 4.78 is 1.12. The molecule has 134 valence electrons. The van der Waals surface area contributed by atoms with Crippen LogP contribution in [0.5, 0.6) is 0 Å². The van der Waals surface area contributed by atoms with E-state index in [2.05, 4.69) is 51.1 Å². The van der Waals surface area contributed by atoms with Gasteiger partial charge in [-0.15, -0.1) is 11.3 Å². The average molecular weight is 365 g/mol. The molecule has 26 heavy (non-hydrogen) atoms. The van der Waals surface area contributed by atoms with E-state index in [4.69, 9.17) is 10.1 Å². The van der Waals surface area contributed by atoms with E-state index in [0.717, 1.165) is 26.4 Å². The quantitative estimate of drug-likeness (QED) is 0.603. The standard InChI is InChI=1S/C22H23NO2S/c1-22(2,3)17-11-8-15(9-12-17)14-16(10-13-20(24)25)21-23-18-6-4-5-7-19(18)26-21/h4-9,11-12,14H,10,13H2,1-3H3,(H,24,25)/b16-14+. The van der Waals surface area contributed by atoms with E-state index in [9.17, 15) is 4.79 Å². The largest absolute Gasteiger partial charge is 0.481 e. The van der Waals surface area contributed by atoms with Crippen LogP contribution in [0, 0.1) is 0 Å². The Bertz CT molecular complexity index is 913. The van der Waals surface area contributed by atoms with E-state index in [1.54, 1.807) is 11.3 Å². The molecule has 3 rings (SSSR count). The molecule has 1 aromatic heterocycles. The average Bonchev–Trinajstić information content (AvgIpc) is 3.02. The second kappa shape index (κ2) is 7.42. The van der Waals surface area contributed by atoms with Crippen molar-refractivity contribution in [3.63, 3.8) is 0 Å². The minimum atomic E-state index is -0.792. The monoisotopic (exact) mass is 365 g/mol. The van der Waals surface area contributed by atoms with Gasteiger partial charge in [-0.05, 0) is 46.7 Å². The maximum Gasteiger partial charge on any atom is 0.303 e. The molecule has 2 aromatic carbocycles. The first-order valence-electron chi connectivity index (χ1n) is 8.72. The van der Waals surface area contributed by atoms with Gasteiger partial charge in [-0.3, -0.25) is 4.79 Å². The third kappa shape index (κ3) is 4.38. The van der Waals surface area contributed by atoms with Crippen LogP contribution in [-0.4, -0.2) is 16.1 Å². The number of nitrogens with zero attached hydrogens (tertiary/aromatic N) is 1. The zero-order chi connectivity index (χ0) is 18.7. The first-order valence-corrected chi connectivity index (χ1v) is 9.53. The molecule has 0 unspecified atom stereocenters. The number of benzene rings is 2. The van der Waals surface area contributed by atoms with E-state index >= 15 is 0 Å². The summed E-state index contributed by atoms with van der Waals surface area (Å²) in [7, 11) is 0. The molecule has 0 saturated heterocycles. The number of thiazole rings is 1. The minimum absolute atomic E-state index is 0.0990. The smallest absolute Gasteiger partial charge is 0.303 e. The number of aliphatic carboxylic acids is 1. The van der Waals surface area contributed by atoms with E-state index in [-0.39, 0.29) is 11.8 Å². The number of aromatic nitrogens is 1. The summed E-state index contributed by atoms with van der Waals surface area (Å²) in [6.45, 7) is 6.58. The Labute approximate surface area is 158 Å². The molecule has 4 heteroatoms. The second-order valence-corrected chi connectivity index (χ2v) is 8.45. The third-order valence-electron chi connectivity index (χ3n) is 4.29. The number of carboxylic acid groups (broad SMARTS) is 1. The van der Waals surface area contributed by atoms with Crippen molar-refractivity contribution in [3.8, 4) is 0 Å². The molecule has 0 aliphatic heterocycles. The molecule has 0 spiro atoms. The van der Waals surface area contributed by atoms with Crippen molar-refractivity contribution in [3.05, 3.63) is 64.7 Å². The van der Waals surface area contributed by atoms with Crippen molar-refractivity contribution in [2.24, 2.45) is 0 Å². The predicted octanol–water partition coefficient (Wildman–Crippen LogP) is 6.00. The molecule has 3 aromatic rings. The molecule has 1 heterocycles. The number of rotatable bonds is 5. The Morgan fingerprint density at radius 3 is 2.38 bits per heavy atom. The molecule has 0 aliphatic carbocycles. The Morgan fingerprint density at radius 2 is 1.77 bits per heavy atom. The van der Waals surface area contributed by atoms with E-state index in [0.29, 0.717) is 6.42 Å². The lowest BCUT2D eigenvalue weighted by Gasteiger charge is -2.18. The summed E-state index contributed by atoms with van der Waals surface area (Å²) in [5.41, 5.74) is 4.38. The molecule has 0 atom stereocenters. The fraction of sp³-hybridized carbons (Fsp3) is 0.273. The van der Waals surface area contributed by atoms with Crippen LogP contribution in [0.1, 0.15) is 49.7 Å². The van der Waals surface area contributed by atoms with Gasteiger partial charge in [-0.25, -0.2) is 4.98 Å². The number of hydrogen-bond donors (Lipinski definition) is 1. The summed E-state index contributed by atoms with van der Waals surface area (Å²) in [4.78, 5) is 15.8. The van der Waals surface area contributed by atoms with Gasteiger partial charge >= 0.3 is 5.97 Å². The number of allylic oxidation sites excluding steroid dienone is 1. The molecule has 0 bridgehead atoms. The lowest BCUT2D eigenvalue weighted by Crippen LogP contribution is -2.10. The van der Waals surface area contributed by atoms with Gasteiger partial charge < -0.3 is 5.11 Å². The highest BCUT2D eigenvalue weighted by atomic mass is 32.1. The van der Waals surface area contributed by atoms with Gasteiger partial charge in [-0.1, -0.05) is 57.2 Å². The Balaban J connectivity index is 1.97. The SMILES string of the molecule is CC(C)(C)c1ccc(/C=C(\CCC(=O)O)c2nc3ccccc3s2)cc1. The van der Waals surface area contributed by atoms with Crippen molar-refractivity contribution in [2.45, 2.75) is 39.0 Å². The van der Waals surface area contributed by atoms with Crippen molar-refractivity contribution in [1.82, 2.24) is 4.98 Å². The van der Waals surface area contributed by atoms with Gasteiger partial charge in [0.2, 0.25) is 0 Å². The summed E-state index contributed by atoms with van der Waals surface area (Å²) >= 11 is 1.61. The third-order valence-corrected chi connectivity index (χ3v) is 5.41.